The molecule has 0 saturated heterocycles. The monoisotopic (exact) mass is 158 g/mol. The zero-order valence-corrected chi connectivity index (χ0v) is 6.95. The highest BCUT2D eigenvalue weighted by atomic mass is 16.5. The Morgan fingerprint density at radius 2 is 2.00 bits per heavy atom. The van der Waals surface area contributed by atoms with Gasteiger partial charge in [-0.25, -0.2) is 0 Å². The van der Waals surface area contributed by atoms with Crippen molar-refractivity contribution in [1.82, 2.24) is 0 Å². The number of fused-ring (bicyclic) bond motifs is 1. The van der Waals surface area contributed by atoms with Gasteiger partial charge < -0.3 is 4.74 Å². The van der Waals surface area contributed by atoms with Crippen LogP contribution in [0.1, 0.15) is 12.5 Å². The van der Waals surface area contributed by atoms with Gasteiger partial charge in [-0.05, 0) is 24.6 Å². The van der Waals surface area contributed by atoms with Crippen LogP contribution in [0, 0.1) is 0 Å². The van der Waals surface area contributed by atoms with Gasteiger partial charge in [0.1, 0.15) is 5.75 Å². The molecule has 1 aromatic carbocycles. The van der Waals surface area contributed by atoms with Gasteiger partial charge in [-0.3, -0.25) is 0 Å². The van der Waals surface area contributed by atoms with Gasteiger partial charge in [0.2, 0.25) is 0 Å². The molecule has 0 aromatic heterocycles. The molecule has 2 rings (SSSR count). The molecule has 0 fully saturated rings. The molecule has 0 radical (unpaired) electrons. The highest BCUT2D eigenvalue weighted by Crippen LogP contribution is 2.27. The Morgan fingerprint density at radius 3 is 2.92 bits per heavy atom. The van der Waals surface area contributed by atoms with Crippen LogP contribution in [0.5, 0.6) is 5.75 Å². The average molecular weight is 158 g/mol. The SMILES string of the molecule is CC1=CC=COc2ccccc21. The maximum Gasteiger partial charge on any atom is 0.133 e. The van der Waals surface area contributed by atoms with Crippen LogP contribution in [-0.2, 0) is 0 Å². The molecule has 0 amide bonds. The predicted octanol–water partition coefficient (Wildman–Crippen LogP) is 3.00. The van der Waals surface area contributed by atoms with Crippen molar-refractivity contribution in [3.05, 3.63) is 48.2 Å². The lowest BCUT2D eigenvalue weighted by Gasteiger charge is -2.05. The van der Waals surface area contributed by atoms with Gasteiger partial charge in [0.05, 0.1) is 6.26 Å². The second kappa shape index (κ2) is 2.86. The number of ether oxygens (including phenoxy) is 1. The Kier molecular flexibility index (Phi) is 1.71. The Bertz CT molecular complexity index is 348. The summed E-state index contributed by atoms with van der Waals surface area (Å²) >= 11 is 0. The standard InChI is InChI=1S/C11H10O/c1-9-5-4-8-12-11-7-3-2-6-10(9)11/h2-8H,1H3. The van der Waals surface area contributed by atoms with Crippen molar-refractivity contribution in [2.75, 3.05) is 0 Å². The molecule has 12 heavy (non-hydrogen) atoms. The lowest BCUT2D eigenvalue weighted by molar-refractivity contribution is 0.481. The fourth-order valence-corrected chi connectivity index (χ4v) is 1.28. The van der Waals surface area contributed by atoms with Crippen LogP contribution >= 0.6 is 0 Å². The molecule has 0 aliphatic carbocycles. The Balaban J connectivity index is 2.58. The van der Waals surface area contributed by atoms with E-state index in [-0.39, 0.29) is 0 Å². The number of hydrogen-bond donors (Lipinski definition) is 0. The van der Waals surface area contributed by atoms with E-state index < -0.39 is 0 Å². The summed E-state index contributed by atoms with van der Waals surface area (Å²) in [5, 5.41) is 0. The van der Waals surface area contributed by atoms with Crippen molar-refractivity contribution in [3.63, 3.8) is 0 Å². The third kappa shape index (κ3) is 1.14. The first-order chi connectivity index (χ1) is 5.88. The van der Waals surface area contributed by atoms with Gasteiger partial charge in [-0.1, -0.05) is 24.3 Å². The van der Waals surface area contributed by atoms with Crippen molar-refractivity contribution in [2.24, 2.45) is 0 Å². The molecule has 0 bridgehead atoms. The first-order valence-electron chi connectivity index (χ1n) is 3.97. The smallest absolute Gasteiger partial charge is 0.133 e. The van der Waals surface area contributed by atoms with Gasteiger partial charge in [-0.15, -0.1) is 0 Å². The summed E-state index contributed by atoms with van der Waals surface area (Å²) in [6.07, 6.45) is 5.66. The fraction of sp³-hybridized carbons (Fsp3) is 0.0909. The highest BCUT2D eigenvalue weighted by molar-refractivity contribution is 5.70. The van der Waals surface area contributed by atoms with E-state index in [4.69, 9.17) is 4.74 Å². The molecule has 1 heteroatoms. The maximum absolute atomic E-state index is 5.39. The van der Waals surface area contributed by atoms with Gasteiger partial charge in [0.15, 0.2) is 0 Å². The van der Waals surface area contributed by atoms with Crippen LogP contribution in [0.3, 0.4) is 0 Å². The van der Waals surface area contributed by atoms with E-state index >= 15 is 0 Å². The predicted molar refractivity (Wildman–Crippen MR) is 49.9 cm³/mol. The van der Waals surface area contributed by atoms with Crippen LogP contribution in [0.4, 0.5) is 0 Å². The second-order valence-electron chi connectivity index (χ2n) is 2.79. The van der Waals surface area contributed by atoms with Crippen LogP contribution in [-0.4, -0.2) is 0 Å². The summed E-state index contributed by atoms with van der Waals surface area (Å²) in [6.45, 7) is 2.08. The van der Waals surface area contributed by atoms with Gasteiger partial charge in [-0.2, -0.15) is 0 Å². The minimum absolute atomic E-state index is 0.931. The molecule has 1 aliphatic heterocycles. The molecule has 1 nitrogen and oxygen atoms in total. The minimum atomic E-state index is 0.931. The summed E-state index contributed by atoms with van der Waals surface area (Å²) in [5.41, 5.74) is 2.40. The van der Waals surface area contributed by atoms with E-state index in [1.165, 1.54) is 11.1 Å². The topological polar surface area (TPSA) is 9.23 Å². The van der Waals surface area contributed by atoms with E-state index in [2.05, 4.69) is 13.0 Å². The zero-order chi connectivity index (χ0) is 8.39. The van der Waals surface area contributed by atoms with Crippen molar-refractivity contribution < 1.29 is 4.74 Å². The third-order valence-electron chi connectivity index (χ3n) is 1.93. The van der Waals surface area contributed by atoms with Crippen molar-refractivity contribution >= 4 is 5.57 Å². The first-order valence-corrected chi connectivity index (χ1v) is 3.97. The van der Waals surface area contributed by atoms with E-state index in [1.807, 2.05) is 30.4 Å². The van der Waals surface area contributed by atoms with Gasteiger partial charge in [0, 0.05) is 5.56 Å². The van der Waals surface area contributed by atoms with Crippen LogP contribution in [0.2, 0.25) is 0 Å². The average Bonchev–Trinajstić information content (AvgIpc) is 2.29. The Labute approximate surface area is 72.0 Å². The quantitative estimate of drug-likeness (QED) is 0.564. The van der Waals surface area contributed by atoms with E-state index in [0.29, 0.717) is 0 Å². The molecule has 60 valence electrons. The molecule has 0 N–H and O–H groups in total. The normalized spacial score (nSPS) is 14.2. The number of allylic oxidation sites excluding steroid dienone is 3. The molecule has 0 unspecified atom stereocenters. The largest absolute Gasteiger partial charge is 0.464 e. The lowest BCUT2D eigenvalue weighted by Crippen LogP contribution is -1.85. The molecule has 1 aliphatic rings. The molecular formula is C11H10O. The Morgan fingerprint density at radius 1 is 1.17 bits per heavy atom. The molecule has 1 aromatic rings. The summed E-state index contributed by atoms with van der Waals surface area (Å²) in [7, 11) is 0. The molecular weight excluding hydrogens is 148 g/mol. The number of para-hydroxylation sites is 1. The summed E-state index contributed by atoms with van der Waals surface area (Å²) in [6, 6.07) is 8.03. The van der Waals surface area contributed by atoms with E-state index in [0.717, 1.165) is 5.75 Å². The van der Waals surface area contributed by atoms with Gasteiger partial charge in [0.25, 0.3) is 0 Å². The first kappa shape index (κ1) is 7.17. The highest BCUT2D eigenvalue weighted by Gasteiger charge is 2.04. The van der Waals surface area contributed by atoms with Crippen molar-refractivity contribution in [1.29, 1.82) is 0 Å². The molecule has 0 saturated carbocycles. The lowest BCUT2D eigenvalue weighted by atomic mass is 10.1. The molecule has 0 atom stereocenters. The summed E-state index contributed by atoms with van der Waals surface area (Å²) in [5.74, 6) is 0.931. The van der Waals surface area contributed by atoms with Crippen LogP contribution in [0.25, 0.3) is 5.57 Å². The van der Waals surface area contributed by atoms with Crippen LogP contribution in [0.15, 0.2) is 42.7 Å². The van der Waals surface area contributed by atoms with Crippen molar-refractivity contribution in [3.8, 4) is 5.75 Å². The van der Waals surface area contributed by atoms with Crippen LogP contribution < -0.4 is 4.74 Å². The molecule has 0 spiro atoms. The third-order valence-corrected chi connectivity index (χ3v) is 1.93. The molecule has 1 heterocycles. The fourth-order valence-electron chi connectivity index (χ4n) is 1.28. The van der Waals surface area contributed by atoms with Gasteiger partial charge >= 0.3 is 0 Å². The Hall–Kier alpha value is -1.50. The van der Waals surface area contributed by atoms with E-state index in [1.54, 1.807) is 6.26 Å². The number of benzene rings is 1. The summed E-state index contributed by atoms with van der Waals surface area (Å²) < 4.78 is 5.39. The van der Waals surface area contributed by atoms with Crippen molar-refractivity contribution in [2.45, 2.75) is 6.92 Å². The second-order valence-corrected chi connectivity index (χ2v) is 2.79. The number of rotatable bonds is 0. The minimum Gasteiger partial charge on any atom is -0.464 e. The zero-order valence-electron chi connectivity index (χ0n) is 6.95. The summed E-state index contributed by atoms with van der Waals surface area (Å²) in [4.78, 5) is 0. The number of hydrogen-bond acceptors (Lipinski definition) is 1. The van der Waals surface area contributed by atoms with E-state index in [9.17, 15) is 0 Å². The maximum atomic E-state index is 5.39.